The number of hydrogen-bond donors (Lipinski definition) is 2. The fourth-order valence-corrected chi connectivity index (χ4v) is 5.30. The summed E-state index contributed by atoms with van der Waals surface area (Å²) in [5.41, 5.74) is 0. The van der Waals surface area contributed by atoms with Crippen molar-refractivity contribution in [3.63, 3.8) is 0 Å². The van der Waals surface area contributed by atoms with Crippen molar-refractivity contribution in [3.8, 4) is 0 Å². The Kier molecular flexibility index (Phi) is 54.5. The van der Waals surface area contributed by atoms with Gasteiger partial charge in [-0.15, -0.1) is 0 Å². The molecule has 0 amide bonds. The second kappa shape index (κ2) is 46.1. The van der Waals surface area contributed by atoms with Crippen LogP contribution in [0.15, 0.2) is 0 Å². The molecule has 0 unspecified atom stereocenters. The fraction of sp³-hybridized carbons (Fsp3) is 0.944. The Labute approximate surface area is 301 Å². The van der Waals surface area contributed by atoms with Crippen LogP contribution in [0.1, 0.15) is 219 Å². The molecule has 2 N–H and O–H groups in total. The molecule has 42 heavy (non-hydrogen) atoms. The maximum absolute atomic E-state index is 10.3. The summed E-state index contributed by atoms with van der Waals surface area (Å²) in [6.07, 6.45) is 40.4. The number of aliphatic carboxylic acids is 2. The molecule has 0 saturated heterocycles. The van der Waals surface area contributed by atoms with Crippen molar-refractivity contribution in [2.45, 2.75) is 219 Å². The van der Waals surface area contributed by atoms with Gasteiger partial charge in [-0.3, -0.25) is 9.59 Å². The van der Waals surface area contributed by atoms with Crippen molar-refractivity contribution in [1.29, 1.82) is 0 Å². The number of hydrogen-bond acceptors (Lipinski definition) is 2. The SMILES string of the molecule is CCCCCCCCCCCCCCCCCC(=O)O.CCCCCCCCCCCCCCCCCC(=O)O.[MgH2].[NaH]. The minimum atomic E-state index is -0.653. The molecular formula is C36H75MgNaO4. The molecule has 0 heterocycles. The van der Waals surface area contributed by atoms with Crippen LogP contribution in [-0.4, -0.2) is 74.8 Å². The average molecular weight is 619 g/mol. The zero-order valence-electron chi connectivity index (χ0n) is 27.3. The number of carbonyl (C=O) groups is 2. The van der Waals surface area contributed by atoms with Gasteiger partial charge in [-0.25, -0.2) is 0 Å². The monoisotopic (exact) mass is 619 g/mol. The van der Waals surface area contributed by atoms with E-state index in [2.05, 4.69) is 13.8 Å². The van der Waals surface area contributed by atoms with Gasteiger partial charge in [0.1, 0.15) is 0 Å². The van der Waals surface area contributed by atoms with Crippen molar-refractivity contribution >= 4 is 64.5 Å². The third-order valence-electron chi connectivity index (χ3n) is 7.99. The van der Waals surface area contributed by atoms with E-state index in [0.29, 0.717) is 12.8 Å². The summed E-state index contributed by atoms with van der Waals surface area (Å²) in [4.78, 5) is 20.7. The average Bonchev–Trinajstić information content (AvgIpc) is 2.93. The fourth-order valence-electron chi connectivity index (χ4n) is 5.30. The summed E-state index contributed by atoms with van der Waals surface area (Å²) < 4.78 is 0. The molecule has 0 rings (SSSR count). The molecule has 0 fully saturated rings. The van der Waals surface area contributed by atoms with Crippen LogP contribution < -0.4 is 0 Å². The first-order valence-electron chi connectivity index (χ1n) is 18.0. The van der Waals surface area contributed by atoms with Crippen LogP contribution in [-0.2, 0) is 9.59 Å². The molecule has 0 aliphatic heterocycles. The molecule has 0 aromatic carbocycles. The van der Waals surface area contributed by atoms with Crippen LogP contribution >= 0.6 is 0 Å². The van der Waals surface area contributed by atoms with Crippen LogP contribution in [0.4, 0.5) is 0 Å². The maximum atomic E-state index is 10.3. The molecule has 0 aromatic heterocycles. The number of unbranched alkanes of at least 4 members (excludes halogenated alkanes) is 28. The minimum absolute atomic E-state index is 0. The summed E-state index contributed by atoms with van der Waals surface area (Å²) in [6, 6.07) is 0. The van der Waals surface area contributed by atoms with Gasteiger partial charge in [-0.05, 0) is 12.8 Å². The van der Waals surface area contributed by atoms with Gasteiger partial charge >= 0.3 is 64.5 Å². The van der Waals surface area contributed by atoms with E-state index in [-0.39, 0.29) is 52.6 Å². The van der Waals surface area contributed by atoms with E-state index in [9.17, 15) is 9.59 Å². The first-order chi connectivity index (χ1) is 19.5. The van der Waals surface area contributed by atoms with E-state index >= 15 is 0 Å². The molecule has 0 aliphatic rings. The number of rotatable bonds is 32. The van der Waals surface area contributed by atoms with E-state index in [4.69, 9.17) is 10.2 Å². The standard InChI is InChI=1S/2C18H36O2.Mg.Na.3H/c2*1-2-3-4-5-6-7-8-9-10-11-12-13-14-15-16-17-18(19)20;;;;;/h2*2-17H2,1H3,(H,19,20);;;;;. The van der Waals surface area contributed by atoms with Gasteiger partial charge in [0.25, 0.3) is 0 Å². The molecule has 4 nitrogen and oxygen atoms in total. The zero-order valence-corrected chi connectivity index (χ0v) is 27.3. The Bertz CT molecular complexity index is 461. The third kappa shape index (κ3) is 53.3. The Morgan fingerprint density at radius 2 is 0.476 bits per heavy atom. The second-order valence-electron chi connectivity index (χ2n) is 12.2. The Morgan fingerprint density at radius 1 is 0.333 bits per heavy atom. The number of carboxylic acid groups (broad SMARTS) is 2. The molecule has 0 atom stereocenters. The molecular weight excluding hydrogens is 544 g/mol. The molecule has 0 radical (unpaired) electrons. The summed E-state index contributed by atoms with van der Waals surface area (Å²) in [5.74, 6) is -1.31. The first-order valence-corrected chi connectivity index (χ1v) is 18.0. The molecule has 0 aliphatic carbocycles. The van der Waals surface area contributed by atoms with Gasteiger partial charge in [-0.2, -0.15) is 0 Å². The molecule has 0 saturated carbocycles. The van der Waals surface area contributed by atoms with E-state index < -0.39 is 11.9 Å². The van der Waals surface area contributed by atoms with Gasteiger partial charge in [0.2, 0.25) is 0 Å². The van der Waals surface area contributed by atoms with Crippen LogP contribution in [0.25, 0.3) is 0 Å². The van der Waals surface area contributed by atoms with Crippen molar-refractivity contribution in [1.82, 2.24) is 0 Å². The van der Waals surface area contributed by atoms with E-state index in [1.807, 2.05) is 0 Å². The molecule has 246 valence electrons. The third-order valence-corrected chi connectivity index (χ3v) is 7.99. The Balaban J connectivity index is -0.000000328. The first kappa shape index (κ1) is 49.6. The van der Waals surface area contributed by atoms with Crippen LogP contribution in [0.3, 0.4) is 0 Å². The van der Waals surface area contributed by atoms with Gasteiger partial charge in [-0.1, -0.05) is 194 Å². The molecule has 0 bridgehead atoms. The van der Waals surface area contributed by atoms with Gasteiger partial charge in [0.05, 0.1) is 0 Å². The van der Waals surface area contributed by atoms with Crippen molar-refractivity contribution < 1.29 is 19.8 Å². The van der Waals surface area contributed by atoms with E-state index in [0.717, 1.165) is 25.7 Å². The zero-order chi connectivity index (χ0) is 29.8. The summed E-state index contributed by atoms with van der Waals surface area (Å²) in [5, 5.41) is 17.0. The molecule has 0 spiro atoms. The topological polar surface area (TPSA) is 74.6 Å². The van der Waals surface area contributed by atoms with Gasteiger partial charge in [0, 0.05) is 12.8 Å². The quantitative estimate of drug-likeness (QED) is 0.0581. The van der Waals surface area contributed by atoms with E-state index in [1.165, 1.54) is 167 Å². The van der Waals surface area contributed by atoms with Crippen molar-refractivity contribution in [2.24, 2.45) is 0 Å². The van der Waals surface area contributed by atoms with Crippen molar-refractivity contribution in [3.05, 3.63) is 0 Å². The van der Waals surface area contributed by atoms with E-state index in [1.54, 1.807) is 0 Å². The van der Waals surface area contributed by atoms with Gasteiger partial charge in [0.15, 0.2) is 0 Å². The Hall–Kier alpha value is 0.706. The Morgan fingerprint density at radius 3 is 0.619 bits per heavy atom. The molecule has 0 aromatic rings. The second-order valence-corrected chi connectivity index (χ2v) is 12.2. The van der Waals surface area contributed by atoms with Crippen LogP contribution in [0, 0.1) is 0 Å². The van der Waals surface area contributed by atoms with Crippen molar-refractivity contribution in [2.75, 3.05) is 0 Å². The summed E-state index contributed by atoms with van der Waals surface area (Å²) >= 11 is 0. The summed E-state index contributed by atoms with van der Waals surface area (Å²) in [7, 11) is 0. The van der Waals surface area contributed by atoms with Gasteiger partial charge < -0.3 is 10.2 Å². The van der Waals surface area contributed by atoms with Crippen LogP contribution in [0.2, 0.25) is 0 Å². The predicted molar refractivity (Wildman–Crippen MR) is 190 cm³/mol. The predicted octanol–water partition coefficient (Wildman–Crippen LogP) is 11.1. The molecule has 6 heteroatoms. The normalized spacial score (nSPS) is 10.3. The number of carboxylic acids is 2. The van der Waals surface area contributed by atoms with Crippen LogP contribution in [0.5, 0.6) is 0 Å². The summed E-state index contributed by atoms with van der Waals surface area (Å²) in [6.45, 7) is 4.54.